The maximum Gasteiger partial charge on any atom is 0.275 e. The van der Waals surface area contributed by atoms with Gasteiger partial charge in [-0.2, -0.15) is 0 Å². The molecule has 3 rings (SSSR count). The Morgan fingerprint density at radius 3 is 2.65 bits per heavy atom. The van der Waals surface area contributed by atoms with Gasteiger partial charge in [-0.1, -0.05) is 11.6 Å². The van der Waals surface area contributed by atoms with Crippen LogP contribution in [0.5, 0.6) is 5.75 Å². The summed E-state index contributed by atoms with van der Waals surface area (Å²) in [4.78, 5) is 24.7. The Morgan fingerprint density at radius 2 is 1.96 bits per heavy atom. The van der Waals surface area contributed by atoms with E-state index in [0.717, 1.165) is 5.56 Å². The summed E-state index contributed by atoms with van der Waals surface area (Å²) in [5.74, 6) is 0.670. The lowest BCUT2D eigenvalue weighted by molar-refractivity contribution is 0.102. The van der Waals surface area contributed by atoms with Crippen molar-refractivity contribution in [3.63, 3.8) is 0 Å². The van der Waals surface area contributed by atoms with Crippen molar-refractivity contribution in [1.82, 2.24) is 15.0 Å². The van der Waals surface area contributed by atoms with Gasteiger partial charge in [-0.25, -0.2) is 9.97 Å². The van der Waals surface area contributed by atoms with E-state index in [9.17, 15) is 4.79 Å². The predicted octanol–water partition coefficient (Wildman–Crippen LogP) is 3.40. The number of amides is 1. The van der Waals surface area contributed by atoms with E-state index in [-0.39, 0.29) is 5.69 Å². The van der Waals surface area contributed by atoms with Gasteiger partial charge >= 0.3 is 0 Å². The Hall–Kier alpha value is -3.19. The summed E-state index contributed by atoms with van der Waals surface area (Å²) in [6.07, 6.45) is 6.35. The van der Waals surface area contributed by atoms with Crippen LogP contribution in [-0.2, 0) is 6.54 Å². The van der Waals surface area contributed by atoms with Crippen LogP contribution in [0, 0.1) is 0 Å². The molecule has 8 heteroatoms. The predicted molar refractivity (Wildman–Crippen MR) is 99.6 cm³/mol. The Balaban J connectivity index is 1.64. The molecule has 1 amide bonds. The molecule has 26 heavy (non-hydrogen) atoms. The molecule has 0 bridgehead atoms. The molecule has 0 fully saturated rings. The zero-order valence-electron chi connectivity index (χ0n) is 13.9. The first-order valence-corrected chi connectivity index (χ1v) is 8.13. The van der Waals surface area contributed by atoms with Gasteiger partial charge in [-0.3, -0.25) is 9.78 Å². The molecular formula is C18H16ClN5O2. The van der Waals surface area contributed by atoms with Crippen LogP contribution in [0.25, 0.3) is 0 Å². The molecule has 0 aliphatic carbocycles. The van der Waals surface area contributed by atoms with Crippen molar-refractivity contribution >= 4 is 29.0 Å². The van der Waals surface area contributed by atoms with Gasteiger partial charge in [0.2, 0.25) is 0 Å². The van der Waals surface area contributed by atoms with Gasteiger partial charge < -0.3 is 15.4 Å². The van der Waals surface area contributed by atoms with E-state index in [1.165, 1.54) is 19.5 Å². The van der Waals surface area contributed by atoms with E-state index in [0.29, 0.717) is 28.8 Å². The average molecular weight is 370 g/mol. The number of benzene rings is 1. The number of hydrogen-bond acceptors (Lipinski definition) is 6. The molecular weight excluding hydrogens is 354 g/mol. The summed E-state index contributed by atoms with van der Waals surface area (Å²) in [6, 6.07) is 8.77. The number of pyridine rings is 1. The molecule has 0 spiro atoms. The average Bonchev–Trinajstić information content (AvgIpc) is 2.68. The lowest BCUT2D eigenvalue weighted by Gasteiger charge is -2.10. The minimum Gasteiger partial charge on any atom is -0.495 e. The van der Waals surface area contributed by atoms with E-state index >= 15 is 0 Å². The number of aromatic nitrogens is 3. The number of rotatable bonds is 6. The van der Waals surface area contributed by atoms with E-state index in [2.05, 4.69) is 25.6 Å². The first-order valence-electron chi connectivity index (χ1n) is 7.75. The van der Waals surface area contributed by atoms with Gasteiger partial charge in [0.1, 0.15) is 17.3 Å². The SMILES string of the molecule is COc1ccc(Cl)cc1NC(=O)c1cnc(NCc2ccncc2)cn1. The van der Waals surface area contributed by atoms with E-state index in [1.54, 1.807) is 30.6 Å². The third-order valence-electron chi connectivity index (χ3n) is 3.52. The highest BCUT2D eigenvalue weighted by Crippen LogP contribution is 2.27. The molecule has 0 aliphatic heterocycles. The van der Waals surface area contributed by atoms with Crippen molar-refractivity contribution in [3.05, 3.63) is 71.4 Å². The van der Waals surface area contributed by atoms with Crippen molar-refractivity contribution in [2.24, 2.45) is 0 Å². The van der Waals surface area contributed by atoms with Gasteiger partial charge in [0, 0.05) is 24.0 Å². The number of ether oxygens (including phenoxy) is 1. The third-order valence-corrected chi connectivity index (χ3v) is 3.75. The second kappa shape index (κ2) is 8.26. The molecule has 3 aromatic rings. The van der Waals surface area contributed by atoms with Crippen LogP contribution in [0.1, 0.15) is 16.1 Å². The lowest BCUT2D eigenvalue weighted by atomic mass is 10.2. The number of nitrogens with zero attached hydrogens (tertiary/aromatic N) is 3. The fraction of sp³-hybridized carbons (Fsp3) is 0.111. The second-order valence-corrected chi connectivity index (χ2v) is 5.73. The quantitative estimate of drug-likeness (QED) is 0.692. The highest BCUT2D eigenvalue weighted by atomic mass is 35.5. The largest absolute Gasteiger partial charge is 0.495 e. The fourth-order valence-corrected chi connectivity index (χ4v) is 2.37. The van der Waals surface area contributed by atoms with Crippen LogP contribution in [0.2, 0.25) is 5.02 Å². The van der Waals surface area contributed by atoms with Crippen LogP contribution < -0.4 is 15.4 Å². The zero-order chi connectivity index (χ0) is 18.4. The summed E-state index contributed by atoms with van der Waals surface area (Å²) < 4.78 is 5.21. The van der Waals surface area contributed by atoms with Crippen molar-refractivity contribution in [1.29, 1.82) is 0 Å². The minimum atomic E-state index is -0.404. The van der Waals surface area contributed by atoms with Crippen molar-refractivity contribution in [2.45, 2.75) is 6.54 Å². The van der Waals surface area contributed by atoms with Crippen LogP contribution in [0.15, 0.2) is 55.1 Å². The second-order valence-electron chi connectivity index (χ2n) is 5.29. The van der Waals surface area contributed by atoms with Gasteiger partial charge in [0.25, 0.3) is 5.91 Å². The molecule has 0 saturated carbocycles. The molecule has 2 N–H and O–H groups in total. The Bertz CT molecular complexity index is 888. The van der Waals surface area contributed by atoms with Gasteiger partial charge in [-0.15, -0.1) is 0 Å². The summed E-state index contributed by atoms with van der Waals surface area (Å²) in [5.41, 5.74) is 1.71. The Labute approximate surface area is 155 Å². The number of anilines is 2. The van der Waals surface area contributed by atoms with Crippen molar-refractivity contribution in [2.75, 3.05) is 17.7 Å². The Morgan fingerprint density at radius 1 is 1.15 bits per heavy atom. The summed E-state index contributed by atoms with van der Waals surface area (Å²) >= 11 is 5.96. The molecule has 0 unspecified atom stereocenters. The zero-order valence-corrected chi connectivity index (χ0v) is 14.7. The molecule has 0 atom stereocenters. The molecule has 7 nitrogen and oxygen atoms in total. The smallest absolute Gasteiger partial charge is 0.275 e. The molecule has 0 aliphatic rings. The highest BCUT2D eigenvalue weighted by Gasteiger charge is 2.12. The number of methoxy groups -OCH3 is 1. The van der Waals surface area contributed by atoms with Crippen LogP contribution in [-0.4, -0.2) is 28.0 Å². The fourth-order valence-electron chi connectivity index (χ4n) is 2.19. The molecule has 0 radical (unpaired) electrons. The molecule has 2 heterocycles. The highest BCUT2D eigenvalue weighted by molar-refractivity contribution is 6.31. The van der Waals surface area contributed by atoms with Crippen molar-refractivity contribution in [3.8, 4) is 5.75 Å². The Kier molecular flexibility index (Phi) is 5.60. The lowest BCUT2D eigenvalue weighted by Crippen LogP contribution is -2.15. The number of hydrogen-bond donors (Lipinski definition) is 2. The minimum absolute atomic E-state index is 0.182. The third kappa shape index (κ3) is 4.46. The normalized spacial score (nSPS) is 10.2. The number of halogens is 1. The first-order chi connectivity index (χ1) is 12.7. The topological polar surface area (TPSA) is 89.0 Å². The van der Waals surface area contributed by atoms with E-state index in [1.807, 2.05) is 12.1 Å². The van der Waals surface area contributed by atoms with E-state index in [4.69, 9.17) is 16.3 Å². The van der Waals surface area contributed by atoms with E-state index < -0.39 is 5.91 Å². The van der Waals surface area contributed by atoms with Crippen LogP contribution in [0.4, 0.5) is 11.5 Å². The van der Waals surface area contributed by atoms with Gasteiger partial charge in [0.15, 0.2) is 0 Å². The van der Waals surface area contributed by atoms with Gasteiger partial charge in [-0.05, 0) is 35.9 Å². The molecule has 2 aromatic heterocycles. The maximum atomic E-state index is 12.3. The first kappa shape index (κ1) is 17.6. The summed E-state index contributed by atoms with van der Waals surface area (Å²) in [6.45, 7) is 0.586. The van der Waals surface area contributed by atoms with Crippen LogP contribution >= 0.6 is 11.6 Å². The molecule has 0 saturated heterocycles. The number of carbonyl (C=O) groups excluding carboxylic acids is 1. The monoisotopic (exact) mass is 369 g/mol. The molecule has 1 aromatic carbocycles. The maximum absolute atomic E-state index is 12.3. The van der Waals surface area contributed by atoms with Crippen LogP contribution in [0.3, 0.4) is 0 Å². The number of nitrogens with one attached hydrogen (secondary N) is 2. The molecule has 132 valence electrons. The number of carbonyl (C=O) groups is 1. The standard InChI is InChI=1S/C18H16ClN5O2/c1-26-16-3-2-13(19)8-14(16)24-18(25)15-10-23-17(11-21-15)22-9-12-4-6-20-7-5-12/h2-8,10-11H,9H2,1H3,(H,22,23)(H,24,25). The van der Waals surface area contributed by atoms with Crippen molar-refractivity contribution < 1.29 is 9.53 Å². The summed E-state index contributed by atoms with van der Waals surface area (Å²) in [5, 5.41) is 6.34. The van der Waals surface area contributed by atoms with Gasteiger partial charge in [0.05, 0.1) is 25.2 Å². The summed E-state index contributed by atoms with van der Waals surface area (Å²) in [7, 11) is 1.52.